The number of ketones is 1. The van der Waals surface area contributed by atoms with E-state index in [0.717, 1.165) is 18.3 Å². The van der Waals surface area contributed by atoms with E-state index >= 15 is 0 Å². The van der Waals surface area contributed by atoms with Crippen molar-refractivity contribution in [2.24, 2.45) is 34.0 Å². The molecule has 0 N–H and O–H groups in total. The standard InChI is InChI=1S/C23H32O.C2H2/c1-15(2)22(4)12-10-20-18-7-6-16-14-17(24)8-11-21(16,3)19(18)9-13-23(20,22)5;1-2/h8,11,14,18-20H,1,6-7,9-10,12-13H2,2-5H3;1-2H/t18?,19-,20?,21?,22+,23?;/m0./s1. The summed E-state index contributed by atoms with van der Waals surface area (Å²) in [4.78, 5) is 11.8. The SMILES string of the molecule is C#C.C=C(C)[C@@]1(C)CCC2C3CCC4=CC(=O)C=CC4(C)[C@H]3CCC21C. The fourth-order valence-corrected chi connectivity index (χ4v) is 7.17. The molecule has 3 fully saturated rings. The van der Waals surface area contributed by atoms with Crippen molar-refractivity contribution in [3.8, 4) is 12.8 Å². The number of carbonyl (C=O) groups is 1. The van der Waals surface area contributed by atoms with Crippen LogP contribution in [0.2, 0.25) is 0 Å². The van der Waals surface area contributed by atoms with Crippen LogP contribution in [-0.2, 0) is 4.79 Å². The number of allylic oxidation sites excluding steroid dienone is 5. The first-order chi connectivity index (χ1) is 12.2. The average Bonchev–Trinajstić information content (AvgIpc) is 2.90. The zero-order valence-electron chi connectivity index (χ0n) is 17.0. The van der Waals surface area contributed by atoms with Gasteiger partial charge in [0.2, 0.25) is 0 Å². The normalized spacial score (nSPS) is 46.2. The maximum Gasteiger partial charge on any atom is 0.178 e. The van der Waals surface area contributed by atoms with E-state index in [1.807, 2.05) is 12.2 Å². The molecule has 4 rings (SSSR count). The molecule has 0 aromatic heterocycles. The van der Waals surface area contributed by atoms with Gasteiger partial charge in [0.15, 0.2) is 5.78 Å². The highest BCUT2D eigenvalue weighted by atomic mass is 16.1. The molecule has 0 aromatic rings. The fraction of sp³-hybridized carbons (Fsp3) is 0.640. The molecule has 4 aliphatic rings. The lowest BCUT2D eigenvalue weighted by atomic mass is 9.45. The Balaban J connectivity index is 0.000000948. The molecular weight excluding hydrogens is 316 g/mol. The first-order valence-electron chi connectivity index (χ1n) is 10.2. The summed E-state index contributed by atoms with van der Waals surface area (Å²) in [6, 6.07) is 0. The lowest BCUT2D eigenvalue weighted by Crippen LogP contribution is -2.51. The molecule has 1 heteroatoms. The third-order valence-corrected chi connectivity index (χ3v) is 9.10. The van der Waals surface area contributed by atoms with Gasteiger partial charge >= 0.3 is 0 Å². The van der Waals surface area contributed by atoms with Crippen molar-refractivity contribution in [1.82, 2.24) is 0 Å². The molecular formula is C25H34O. The van der Waals surface area contributed by atoms with E-state index in [4.69, 9.17) is 0 Å². The molecule has 0 bridgehead atoms. The summed E-state index contributed by atoms with van der Waals surface area (Å²) in [5.41, 5.74) is 3.63. The van der Waals surface area contributed by atoms with Crippen LogP contribution in [0.1, 0.15) is 66.2 Å². The van der Waals surface area contributed by atoms with Gasteiger partial charge in [-0.3, -0.25) is 4.79 Å². The number of rotatable bonds is 1. The molecule has 0 amide bonds. The van der Waals surface area contributed by atoms with Crippen molar-refractivity contribution >= 4 is 5.78 Å². The van der Waals surface area contributed by atoms with Crippen LogP contribution in [0.3, 0.4) is 0 Å². The number of carbonyl (C=O) groups excluding carboxylic acids is 1. The molecule has 26 heavy (non-hydrogen) atoms. The van der Waals surface area contributed by atoms with Crippen molar-refractivity contribution in [1.29, 1.82) is 0 Å². The predicted molar refractivity (Wildman–Crippen MR) is 109 cm³/mol. The molecule has 0 saturated heterocycles. The highest BCUT2D eigenvalue weighted by Gasteiger charge is 2.62. The Kier molecular flexibility index (Phi) is 4.63. The molecule has 4 unspecified atom stereocenters. The molecule has 4 aliphatic carbocycles. The summed E-state index contributed by atoms with van der Waals surface area (Å²) in [5, 5.41) is 0. The van der Waals surface area contributed by atoms with Crippen LogP contribution < -0.4 is 0 Å². The number of hydrogen-bond acceptors (Lipinski definition) is 1. The van der Waals surface area contributed by atoms with E-state index in [2.05, 4.69) is 53.2 Å². The third-order valence-electron chi connectivity index (χ3n) is 9.10. The maximum atomic E-state index is 11.8. The second-order valence-corrected chi connectivity index (χ2v) is 9.71. The van der Waals surface area contributed by atoms with Crippen molar-refractivity contribution < 1.29 is 4.79 Å². The van der Waals surface area contributed by atoms with Gasteiger partial charge in [-0.2, -0.15) is 0 Å². The molecule has 1 nitrogen and oxygen atoms in total. The van der Waals surface area contributed by atoms with Crippen LogP contribution in [0, 0.1) is 46.8 Å². The van der Waals surface area contributed by atoms with Gasteiger partial charge in [-0.15, -0.1) is 12.8 Å². The zero-order valence-corrected chi connectivity index (χ0v) is 17.0. The zero-order chi connectivity index (χ0) is 19.3. The Morgan fingerprint density at radius 2 is 1.77 bits per heavy atom. The van der Waals surface area contributed by atoms with E-state index in [1.165, 1.54) is 43.3 Å². The van der Waals surface area contributed by atoms with Crippen LogP contribution in [-0.4, -0.2) is 5.78 Å². The quantitative estimate of drug-likeness (QED) is 0.411. The third kappa shape index (κ3) is 2.34. The van der Waals surface area contributed by atoms with Crippen LogP contribution in [0.5, 0.6) is 0 Å². The smallest absolute Gasteiger partial charge is 0.178 e. The summed E-state index contributed by atoms with van der Waals surface area (Å²) in [7, 11) is 0. The summed E-state index contributed by atoms with van der Waals surface area (Å²) in [6.07, 6.45) is 21.7. The fourth-order valence-electron chi connectivity index (χ4n) is 7.17. The van der Waals surface area contributed by atoms with Crippen molar-refractivity contribution in [2.75, 3.05) is 0 Å². The van der Waals surface area contributed by atoms with Gasteiger partial charge < -0.3 is 0 Å². The first kappa shape index (κ1) is 19.2. The Morgan fingerprint density at radius 1 is 1.12 bits per heavy atom. The van der Waals surface area contributed by atoms with Gasteiger partial charge in [0, 0.05) is 5.41 Å². The summed E-state index contributed by atoms with van der Waals surface area (Å²) < 4.78 is 0. The maximum absolute atomic E-state index is 11.8. The summed E-state index contributed by atoms with van der Waals surface area (Å²) in [6.45, 7) is 14.1. The minimum absolute atomic E-state index is 0.125. The lowest BCUT2D eigenvalue weighted by molar-refractivity contribution is -0.111. The molecule has 0 aromatic carbocycles. The predicted octanol–water partition coefficient (Wildman–Crippen LogP) is 6.13. The number of hydrogen-bond donors (Lipinski definition) is 0. The monoisotopic (exact) mass is 350 g/mol. The van der Waals surface area contributed by atoms with E-state index in [9.17, 15) is 4.79 Å². The summed E-state index contributed by atoms with van der Waals surface area (Å²) >= 11 is 0. The molecule has 0 aliphatic heterocycles. The Bertz CT molecular complexity index is 707. The molecule has 0 heterocycles. The highest BCUT2D eigenvalue weighted by Crippen LogP contribution is 2.70. The van der Waals surface area contributed by atoms with Crippen LogP contribution in [0.4, 0.5) is 0 Å². The van der Waals surface area contributed by atoms with Gasteiger partial charge in [0.25, 0.3) is 0 Å². The summed E-state index contributed by atoms with van der Waals surface area (Å²) in [5.74, 6) is 2.54. The minimum Gasteiger partial charge on any atom is -0.290 e. The van der Waals surface area contributed by atoms with Crippen LogP contribution in [0.25, 0.3) is 0 Å². The second kappa shape index (κ2) is 6.26. The number of terminal acetylenes is 1. The van der Waals surface area contributed by atoms with Crippen molar-refractivity contribution in [3.63, 3.8) is 0 Å². The van der Waals surface area contributed by atoms with Gasteiger partial charge in [-0.1, -0.05) is 44.6 Å². The van der Waals surface area contributed by atoms with E-state index in [-0.39, 0.29) is 11.2 Å². The van der Waals surface area contributed by atoms with E-state index < -0.39 is 0 Å². The molecule has 0 spiro atoms. The van der Waals surface area contributed by atoms with Gasteiger partial charge in [-0.25, -0.2) is 0 Å². The van der Waals surface area contributed by atoms with Crippen molar-refractivity contribution in [2.45, 2.75) is 66.2 Å². The van der Waals surface area contributed by atoms with Gasteiger partial charge in [0.1, 0.15) is 0 Å². The Morgan fingerprint density at radius 3 is 2.42 bits per heavy atom. The van der Waals surface area contributed by atoms with E-state index in [1.54, 1.807) is 0 Å². The number of fused-ring (bicyclic) bond motifs is 5. The molecule has 3 saturated carbocycles. The van der Waals surface area contributed by atoms with Gasteiger partial charge in [0.05, 0.1) is 0 Å². The topological polar surface area (TPSA) is 17.1 Å². The van der Waals surface area contributed by atoms with Gasteiger partial charge in [-0.05, 0) is 86.2 Å². The molecule has 0 radical (unpaired) electrons. The lowest BCUT2D eigenvalue weighted by Gasteiger charge is -2.59. The largest absolute Gasteiger partial charge is 0.290 e. The highest BCUT2D eigenvalue weighted by molar-refractivity contribution is 6.01. The first-order valence-corrected chi connectivity index (χ1v) is 10.2. The minimum atomic E-state index is 0.125. The van der Waals surface area contributed by atoms with Crippen LogP contribution >= 0.6 is 0 Å². The van der Waals surface area contributed by atoms with Crippen LogP contribution in [0.15, 0.2) is 36.0 Å². The molecule has 6 atom stereocenters. The average molecular weight is 351 g/mol. The Labute approximate surface area is 160 Å². The molecule has 140 valence electrons. The van der Waals surface area contributed by atoms with Crippen molar-refractivity contribution in [3.05, 3.63) is 36.0 Å². The van der Waals surface area contributed by atoms with E-state index in [0.29, 0.717) is 16.7 Å². The Hall–Kier alpha value is -1.55. The second-order valence-electron chi connectivity index (χ2n) is 9.71.